The van der Waals surface area contributed by atoms with Crippen molar-refractivity contribution >= 4 is 50.7 Å². The maximum atomic E-state index is 13.7. The number of hydrogen-bond acceptors (Lipinski definition) is 4. The van der Waals surface area contributed by atoms with Crippen molar-refractivity contribution < 1.29 is 18.0 Å². The minimum atomic E-state index is -3.84. The molecule has 0 fully saturated rings. The van der Waals surface area contributed by atoms with Gasteiger partial charge in [-0.2, -0.15) is 0 Å². The topological polar surface area (TPSA) is 86.8 Å². The molecule has 0 aromatic heterocycles. The van der Waals surface area contributed by atoms with Crippen LogP contribution in [0.2, 0.25) is 10.0 Å². The van der Waals surface area contributed by atoms with E-state index in [-0.39, 0.29) is 12.5 Å². The minimum Gasteiger partial charge on any atom is -0.354 e. The molecule has 35 heavy (non-hydrogen) atoms. The van der Waals surface area contributed by atoms with E-state index in [4.69, 9.17) is 23.2 Å². The Morgan fingerprint density at radius 3 is 2.29 bits per heavy atom. The van der Waals surface area contributed by atoms with Crippen molar-refractivity contribution in [2.45, 2.75) is 52.6 Å². The summed E-state index contributed by atoms with van der Waals surface area (Å²) in [5, 5.41) is 3.73. The van der Waals surface area contributed by atoms with Crippen molar-refractivity contribution in [2.24, 2.45) is 0 Å². The van der Waals surface area contributed by atoms with E-state index in [0.717, 1.165) is 23.4 Å². The molecule has 0 radical (unpaired) electrons. The number of carbonyl (C=O) groups excluding carboxylic acids is 2. The van der Waals surface area contributed by atoms with E-state index >= 15 is 0 Å². The van der Waals surface area contributed by atoms with Gasteiger partial charge in [-0.3, -0.25) is 13.9 Å². The van der Waals surface area contributed by atoms with Crippen LogP contribution in [0.25, 0.3) is 0 Å². The summed E-state index contributed by atoms with van der Waals surface area (Å²) in [6, 6.07) is 11.1. The first-order chi connectivity index (χ1) is 16.5. The smallest absolute Gasteiger partial charge is 0.244 e. The van der Waals surface area contributed by atoms with Crippen LogP contribution in [-0.2, 0) is 26.2 Å². The second-order valence-electron chi connectivity index (χ2n) is 8.34. The summed E-state index contributed by atoms with van der Waals surface area (Å²) in [5.74, 6) is -0.807. The lowest BCUT2D eigenvalue weighted by Crippen LogP contribution is -2.52. The third-order valence-corrected chi connectivity index (χ3v) is 7.61. The van der Waals surface area contributed by atoms with Crippen LogP contribution in [-0.4, -0.2) is 50.5 Å². The van der Waals surface area contributed by atoms with Gasteiger partial charge in [0.15, 0.2) is 0 Å². The molecule has 0 heterocycles. The van der Waals surface area contributed by atoms with Gasteiger partial charge in [-0.1, -0.05) is 67.7 Å². The Morgan fingerprint density at radius 1 is 1.03 bits per heavy atom. The van der Waals surface area contributed by atoms with Crippen LogP contribution < -0.4 is 9.62 Å². The second-order valence-corrected chi connectivity index (χ2v) is 11.1. The standard InChI is InChI=1S/C25H33Cl2N3O4S/c1-5-7-15-28-25(32)22(6-2)29(16-19-11-8-9-12-21(19)27)24(31)17-30(35(4,33)34)23-14-10-13-20(26)18(23)3/h8-14,22H,5-7,15-17H2,1-4H3,(H,28,32)/t22-/m0/s1. The molecular weight excluding hydrogens is 509 g/mol. The molecule has 0 aliphatic rings. The summed E-state index contributed by atoms with van der Waals surface area (Å²) >= 11 is 12.6. The molecule has 10 heteroatoms. The molecule has 2 aromatic rings. The number of hydrogen-bond donors (Lipinski definition) is 1. The Balaban J connectivity index is 2.46. The highest BCUT2D eigenvalue weighted by molar-refractivity contribution is 7.92. The Labute approximate surface area is 218 Å². The molecular formula is C25H33Cl2N3O4S. The number of carbonyl (C=O) groups is 2. The first-order valence-electron chi connectivity index (χ1n) is 11.5. The van der Waals surface area contributed by atoms with Crippen molar-refractivity contribution in [3.05, 3.63) is 63.6 Å². The molecule has 0 saturated carbocycles. The maximum Gasteiger partial charge on any atom is 0.244 e. The number of rotatable bonds is 12. The molecule has 2 aromatic carbocycles. The molecule has 7 nitrogen and oxygen atoms in total. The molecule has 192 valence electrons. The van der Waals surface area contributed by atoms with E-state index in [9.17, 15) is 18.0 Å². The van der Waals surface area contributed by atoms with Gasteiger partial charge >= 0.3 is 0 Å². The van der Waals surface area contributed by atoms with Gasteiger partial charge in [0.25, 0.3) is 0 Å². The summed E-state index contributed by atoms with van der Waals surface area (Å²) < 4.78 is 26.5. The molecule has 0 bridgehead atoms. The highest BCUT2D eigenvalue weighted by Gasteiger charge is 2.32. The number of unbranched alkanes of at least 4 members (excludes halogenated alkanes) is 1. The molecule has 1 atom stereocenters. The van der Waals surface area contributed by atoms with Gasteiger partial charge in [0.2, 0.25) is 21.8 Å². The van der Waals surface area contributed by atoms with E-state index in [1.807, 2.05) is 13.8 Å². The monoisotopic (exact) mass is 541 g/mol. The molecule has 2 amide bonds. The van der Waals surface area contributed by atoms with Gasteiger partial charge in [0.1, 0.15) is 12.6 Å². The fourth-order valence-electron chi connectivity index (χ4n) is 3.70. The Hall–Kier alpha value is -2.29. The molecule has 1 N–H and O–H groups in total. The van der Waals surface area contributed by atoms with Crippen LogP contribution in [0.4, 0.5) is 5.69 Å². The van der Waals surface area contributed by atoms with Crippen LogP contribution in [0.15, 0.2) is 42.5 Å². The highest BCUT2D eigenvalue weighted by Crippen LogP contribution is 2.29. The first kappa shape index (κ1) is 28.9. The van der Waals surface area contributed by atoms with Gasteiger partial charge in [0.05, 0.1) is 11.9 Å². The Morgan fingerprint density at radius 2 is 1.69 bits per heavy atom. The summed E-state index contributed by atoms with van der Waals surface area (Å²) in [5.41, 5.74) is 1.51. The third-order valence-electron chi connectivity index (χ3n) is 5.70. The zero-order chi connectivity index (χ0) is 26.2. The Bertz CT molecular complexity index is 1140. The number of sulfonamides is 1. The molecule has 0 spiro atoms. The van der Waals surface area contributed by atoms with Crippen LogP contribution in [0.1, 0.15) is 44.2 Å². The van der Waals surface area contributed by atoms with Crippen molar-refractivity contribution in [1.82, 2.24) is 10.2 Å². The number of benzene rings is 2. The van der Waals surface area contributed by atoms with Gasteiger partial charge in [-0.15, -0.1) is 0 Å². The fourth-order valence-corrected chi connectivity index (χ4v) is 4.96. The zero-order valence-corrected chi connectivity index (χ0v) is 22.9. The van der Waals surface area contributed by atoms with Crippen molar-refractivity contribution in [1.29, 1.82) is 0 Å². The average molecular weight is 543 g/mol. The molecule has 0 aliphatic carbocycles. The van der Waals surface area contributed by atoms with Crippen LogP contribution >= 0.6 is 23.2 Å². The number of halogens is 2. The quantitative estimate of drug-likeness (QED) is 0.391. The predicted molar refractivity (Wildman–Crippen MR) is 142 cm³/mol. The number of nitrogens with one attached hydrogen (secondary N) is 1. The number of anilines is 1. The zero-order valence-electron chi connectivity index (χ0n) is 20.6. The second kappa shape index (κ2) is 13.1. The molecule has 0 aliphatic heterocycles. The SMILES string of the molecule is CCCCNC(=O)[C@H](CC)N(Cc1ccccc1Cl)C(=O)CN(c1cccc(Cl)c1C)S(C)(=O)=O. The van der Waals surface area contributed by atoms with Gasteiger partial charge in [0, 0.05) is 23.1 Å². The summed E-state index contributed by atoms with van der Waals surface area (Å²) in [6.07, 6.45) is 3.12. The van der Waals surface area contributed by atoms with E-state index in [1.165, 1.54) is 4.90 Å². The van der Waals surface area contributed by atoms with Crippen molar-refractivity contribution in [2.75, 3.05) is 23.7 Å². The van der Waals surface area contributed by atoms with Crippen molar-refractivity contribution in [3.8, 4) is 0 Å². The summed E-state index contributed by atoms with van der Waals surface area (Å²) in [7, 11) is -3.84. The first-order valence-corrected chi connectivity index (χ1v) is 14.1. The summed E-state index contributed by atoms with van der Waals surface area (Å²) in [6.45, 7) is 5.60. The van der Waals surface area contributed by atoms with Crippen LogP contribution in [0, 0.1) is 6.92 Å². The van der Waals surface area contributed by atoms with Crippen LogP contribution in [0.5, 0.6) is 0 Å². The number of nitrogens with zero attached hydrogens (tertiary/aromatic N) is 2. The maximum absolute atomic E-state index is 13.7. The molecule has 0 saturated heterocycles. The normalized spacial score (nSPS) is 12.2. The predicted octanol–water partition coefficient (Wildman–Crippen LogP) is 4.79. The molecule has 2 rings (SSSR count). The minimum absolute atomic E-state index is 0.0599. The van der Waals surface area contributed by atoms with E-state index in [1.54, 1.807) is 49.4 Å². The lowest BCUT2D eigenvalue weighted by Gasteiger charge is -2.33. The highest BCUT2D eigenvalue weighted by atomic mass is 35.5. The third kappa shape index (κ3) is 7.85. The lowest BCUT2D eigenvalue weighted by molar-refractivity contribution is -0.140. The van der Waals surface area contributed by atoms with Crippen molar-refractivity contribution in [3.63, 3.8) is 0 Å². The van der Waals surface area contributed by atoms with E-state index in [2.05, 4.69) is 5.32 Å². The fraction of sp³-hybridized carbons (Fsp3) is 0.440. The largest absolute Gasteiger partial charge is 0.354 e. The van der Waals surface area contributed by atoms with Gasteiger partial charge in [-0.05, 0) is 49.1 Å². The van der Waals surface area contributed by atoms with Gasteiger partial charge < -0.3 is 10.2 Å². The Kier molecular flexibility index (Phi) is 10.9. The number of amides is 2. The lowest BCUT2D eigenvalue weighted by atomic mass is 10.1. The van der Waals surface area contributed by atoms with E-state index < -0.39 is 28.5 Å². The van der Waals surface area contributed by atoms with Crippen LogP contribution in [0.3, 0.4) is 0 Å². The van der Waals surface area contributed by atoms with Gasteiger partial charge in [-0.25, -0.2) is 8.42 Å². The molecule has 0 unspecified atom stereocenters. The van der Waals surface area contributed by atoms with E-state index in [0.29, 0.717) is 39.8 Å². The summed E-state index contributed by atoms with van der Waals surface area (Å²) in [4.78, 5) is 28.1. The average Bonchev–Trinajstić information content (AvgIpc) is 2.80.